The fourth-order valence-corrected chi connectivity index (χ4v) is 1.33. The van der Waals surface area contributed by atoms with Crippen molar-refractivity contribution in [2.24, 2.45) is 0 Å². The van der Waals surface area contributed by atoms with Crippen LogP contribution in [0.25, 0.3) is 0 Å². The molecule has 1 rings (SSSR count). The fraction of sp³-hybridized carbons (Fsp3) is 0.500. The number of anilines is 1. The van der Waals surface area contributed by atoms with Gasteiger partial charge in [0.2, 0.25) is 0 Å². The molecule has 1 aromatic carbocycles. The van der Waals surface area contributed by atoms with E-state index in [2.05, 4.69) is 38.2 Å². The Balaban J connectivity index is 2.27. The normalized spacial score (nSPS) is 12.9. The first-order valence-corrected chi connectivity index (χ1v) is 5.13. The van der Waals surface area contributed by atoms with Gasteiger partial charge in [0, 0.05) is 12.2 Å². The van der Waals surface area contributed by atoms with E-state index in [9.17, 15) is 0 Å². The van der Waals surface area contributed by atoms with E-state index in [0.29, 0.717) is 6.10 Å². The summed E-state index contributed by atoms with van der Waals surface area (Å²) in [6.07, 6.45) is 0.540. The van der Waals surface area contributed by atoms with Gasteiger partial charge in [-0.25, -0.2) is 0 Å². The highest BCUT2D eigenvalue weighted by atomic mass is 16.5. The van der Waals surface area contributed by atoms with E-state index >= 15 is 0 Å². The second kappa shape index (κ2) is 5.66. The highest BCUT2D eigenvalue weighted by Crippen LogP contribution is 2.06. The summed E-state index contributed by atoms with van der Waals surface area (Å²) >= 11 is 0. The minimum Gasteiger partial charge on any atom is -0.382 e. The molecule has 0 aliphatic carbocycles. The van der Waals surface area contributed by atoms with E-state index in [1.165, 1.54) is 0 Å². The smallest absolute Gasteiger partial charge is 0.0722 e. The minimum atomic E-state index is 0.246. The Morgan fingerprint density at radius 2 is 1.79 bits per heavy atom. The van der Waals surface area contributed by atoms with Crippen molar-refractivity contribution in [2.45, 2.75) is 33.0 Å². The largest absolute Gasteiger partial charge is 0.382 e. The maximum absolute atomic E-state index is 5.61. The van der Waals surface area contributed by atoms with Crippen LogP contribution in [0.3, 0.4) is 0 Å². The zero-order valence-corrected chi connectivity index (χ0v) is 9.16. The van der Waals surface area contributed by atoms with Gasteiger partial charge in [-0.05, 0) is 32.9 Å². The quantitative estimate of drug-likeness (QED) is 0.776. The van der Waals surface area contributed by atoms with E-state index < -0.39 is 0 Å². The van der Waals surface area contributed by atoms with Crippen LogP contribution in [0.5, 0.6) is 0 Å². The molecule has 0 aliphatic rings. The van der Waals surface area contributed by atoms with Crippen molar-refractivity contribution in [3.63, 3.8) is 0 Å². The summed E-state index contributed by atoms with van der Waals surface area (Å²) in [5.74, 6) is 0. The number of ether oxygens (including phenoxy) is 1. The Kier molecular flexibility index (Phi) is 4.47. The second-order valence-electron chi connectivity index (χ2n) is 3.74. The van der Waals surface area contributed by atoms with Crippen molar-refractivity contribution in [1.82, 2.24) is 0 Å². The average molecular weight is 193 g/mol. The lowest BCUT2D eigenvalue weighted by Crippen LogP contribution is -2.22. The molecule has 0 bridgehead atoms. The first kappa shape index (κ1) is 11.1. The second-order valence-corrected chi connectivity index (χ2v) is 3.74. The van der Waals surface area contributed by atoms with Crippen LogP contribution < -0.4 is 5.32 Å². The van der Waals surface area contributed by atoms with Crippen molar-refractivity contribution < 1.29 is 4.74 Å². The van der Waals surface area contributed by atoms with Gasteiger partial charge in [-0.1, -0.05) is 18.2 Å². The number of hydrogen-bond acceptors (Lipinski definition) is 2. The summed E-state index contributed by atoms with van der Waals surface area (Å²) in [6, 6.07) is 10.2. The van der Waals surface area contributed by atoms with Crippen LogP contribution >= 0.6 is 0 Å². The van der Waals surface area contributed by atoms with Gasteiger partial charge < -0.3 is 10.1 Å². The predicted octanol–water partition coefficient (Wildman–Crippen LogP) is 2.91. The number of hydrogen-bond donors (Lipinski definition) is 1. The molecule has 78 valence electrons. The molecule has 0 aliphatic heterocycles. The molecule has 2 heteroatoms. The van der Waals surface area contributed by atoms with E-state index in [4.69, 9.17) is 4.74 Å². The molecular weight excluding hydrogens is 174 g/mol. The first-order valence-electron chi connectivity index (χ1n) is 5.13. The standard InChI is InChI=1S/C12H19NO/c1-10(2)14-11(3)9-13-12-7-5-4-6-8-12/h4-8,10-11,13H,9H2,1-3H3. The third kappa shape index (κ3) is 4.28. The van der Waals surface area contributed by atoms with E-state index in [-0.39, 0.29) is 6.10 Å². The SMILES string of the molecule is CC(C)OC(C)CNc1ccccc1. The molecule has 0 saturated heterocycles. The molecule has 0 heterocycles. The lowest BCUT2D eigenvalue weighted by Gasteiger charge is -2.17. The molecule has 1 atom stereocenters. The van der Waals surface area contributed by atoms with Crippen LogP contribution in [0, 0.1) is 0 Å². The lowest BCUT2D eigenvalue weighted by molar-refractivity contribution is 0.0266. The van der Waals surface area contributed by atoms with Crippen LogP contribution in [-0.2, 0) is 4.74 Å². The maximum Gasteiger partial charge on any atom is 0.0722 e. The molecule has 0 aromatic heterocycles. The number of nitrogens with one attached hydrogen (secondary N) is 1. The minimum absolute atomic E-state index is 0.246. The third-order valence-corrected chi connectivity index (χ3v) is 1.87. The van der Waals surface area contributed by atoms with Crippen molar-refractivity contribution in [2.75, 3.05) is 11.9 Å². The molecule has 1 N–H and O–H groups in total. The number of rotatable bonds is 5. The maximum atomic E-state index is 5.61. The van der Waals surface area contributed by atoms with Crippen LogP contribution in [0.4, 0.5) is 5.69 Å². The van der Waals surface area contributed by atoms with E-state index in [1.807, 2.05) is 18.2 Å². The van der Waals surface area contributed by atoms with Crippen molar-refractivity contribution in [1.29, 1.82) is 0 Å². The van der Waals surface area contributed by atoms with Crippen LogP contribution in [0.1, 0.15) is 20.8 Å². The molecule has 1 aromatic rings. The van der Waals surface area contributed by atoms with E-state index in [1.54, 1.807) is 0 Å². The topological polar surface area (TPSA) is 21.3 Å². The Morgan fingerprint density at radius 3 is 2.36 bits per heavy atom. The summed E-state index contributed by atoms with van der Waals surface area (Å²) < 4.78 is 5.61. The monoisotopic (exact) mass is 193 g/mol. The van der Waals surface area contributed by atoms with Crippen LogP contribution in [0.2, 0.25) is 0 Å². The van der Waals surface area contributed by atoms with Crippen molar-refractivity contribution >= 4 is 5.69 Å². The molecule has 0 amide bonds. The van der Waals surface area contributed by atoms with Crippen LogP contribution in [-0.4, -0.2) is 18.8 Å². The Hall–Kier alpha value is -1.02. The predicted molar refractivity (Wildman–Crippen MR) is 60.6 cm³/mol. The number of para-hydroxylation sites is 1. The van der Waals surface area contributed by atoms with Crippen molar-refractivity contribution in [3.05, 3.63) is 30.3 Å². The Labute approximate surface area is 86.3 Å². The molecule has 1 unspecified atom stereocenters. The zero-order chi connectivity index (χ0) is 10.4. The van der Waals surface area contributed by atoms with Gasteiger partial charge in [-0.3, -0.25) is 0 Å². The van der Waals surface area contributed by atoms with Gasteiger partial charge in [0.25, 0.3) is 0 Å². The lowest BCUT2D eigenvalue weighted by atomic mass is 10.3. The van der Waals surface area contributed by atoms with Crippen molar-refractivity contribution in [3.8, 4) is 0 Å². The Bertz CT molecular complexity index is 246. The number of benzene rings is 1. The summed E-state index contributed by atoms with van der Waals surface area (Å²) in [5, 5.41) is 3.32. The summed E-state index contributed by atoms with van der Waals surface area (Å²) in [7, 11) is 0. The third-order valence-electron chi connectivity index (χ3n) is 1.87. The van der Waals surface area contributed by atoms with Gasteiger partial charge in [0.15, 0.2) is 0 Å². The Morgan fingerprint density at radius 1 is 1.14 bits per heavy atom. The molecular formula is C12H19NO. The van der Waals surface area contributed by atoms with Gasteiger partial charge >= 0.3 is 0 Å². The zero-order valence-electron chi connectivity index (χ0n) is 9.16. The molecule has 2 nitrogen and oxygen atoms in total. The molecule has 0 saturated carbocycles. The van der Waals surface area contributed by atoms with Gasteiger partial charge in [-0.15, -0.1) is 0 Å². The molecule has 0 spiro atoms. The molecule has 0 radical (unpaired) electrons. The van der Waals surface area contributed by atoms with Gasteiger partial charge in [-0.2, -0.15) is 0 Å². The average Bonchev–Trinajstić information content (AvgIpc) is 2.15. The highest BCUT2D eigenvalue weighted by Gasteiger charge is 2.03. The summed E-state index contributed by atoms with van der Waals surface area (Å²) in [4.78, 5) is 0. The van der Waals surface area contributed by atoms with Gasteiger partial charge in [0.1, 0.15) is 0 Å². The van der Waals surface area contributed by atoms with Crippen LogP contribution in [0.15, 0.2) is 30.3 Å². The highest BCUT2D eigenvalue weighted by molar-refractivity contribution is 5.42. The van der Waals surface area contributed by atoms with E-state index in [0.717, 1.165) is 12.2 Å². The van der Waals surface area contributed by atoms with Gasteiger partial charge in [0.05, 0.1) is 12.2 Å². The molecule has 14 heavy (non-hydrogen) atoms. The first-order chi connectivity index (χ1) is 6.68. The molecule has 0 fully saturated rings. The fourth-order valence-electron chi connectivity index (χ4n) is 1.33. The summed E-state index contributed by atoms with van der Waals surface area (Å²) in [5.41, 5.74) is 1.15. The summed E-state index contributed by atoms with van der Waals surface area (Å²) in [6.45, 7) is 7.04.